The molecule has 1 aliphatic rings. The zero-order valence-corrected chi connectivity index (χ0v) is 22.9. The number of anilines is 2. The molecule has 0 aliphatic carbocycles. The molecule has 35 heavy (non-hydrogen) atoms. The summed E-state index contributed by atoms with van der Waals surface area (Å²) in [7, 11) is -1.97. The summed E-state index contributed by atoms with van der Waals surface area (Å²) in [5.74, 6) is 1.01. The fourth-order valence-corrected chi connectivity index (χ4v) is 7.79. The first-order valence-electron chi connectivity index (χ1n) is 11.0. The number of nitrogens with one attached hydrogen (secondary N) is 1. The zero-order chi connectivity index (χ0) is 25.4. The molecule has 0 saturated heterocycles. The number of rotatable bonds is 6. The fourth-order valence-electron chi connectivity index (χ4n) is 4.03. The molecule has 2 aromatic carbocycles. The van der Waals surface area contributed by atoms with Gasteiger partial charge in [-0.15, -0.1) is 0 Å². The maximum atomic E-state index is 13.7. The Morgan fingerprint density at radius 1 is 1.23 bits per heavy atom. The molecule has 0 spiro atoms. The van der Waals surface area contributed by atoms with Crippen LogP contribution in [0.15, 0.2) is 51.9 Å². The van der Waals surface area contributed by atoms with E-state index in [4.69, 9.17) is 16.3 Å². The van der Waals surface area contributed by atoms with Crippen LogP contribution < -0.4 is 15.4 Å². The third-order valence-corrected chi connectivity index (χ3v) is 9.47. The molecule has 0 bridgehead atoms. The minimum absolute atomic E-state index is 0.0881. The Kier molecular flexibility index (Phi) is 7.25. The van der Waals surface area contributed by atoms with Gasteiger partial charge in [0.15, 0.2) is 5.82 Å². The van der Waals surface area contributed by atoms with E-state index in [9.17, 15) is 8.77 Å². The van der Waals surface area contributed by atoms with Crippen molar-refractivity contribution in [2.24, 2.45) is 4.36 Å². The van der Waals surface area contributed by atoms with E-state index in [1.807, 2.05) is 12.1 Å². The Morgan fingerprint density at radius 3 is 2.69 bits per heavy atom. The molecule has 0 fully saturated rings. The van der Waals surface area contributed by atoms with Crippen LogP contribution in [0.2, 0.25) is 5.02 Å². The number of hydrogen-bond donors (Lipinski definition) is 1. The highest BCUT2D eigenvalue weighted by Gasteiger charge is 2.22. The largest absolute Gasteiger partial charge is 0.495 e. The number of fused-ring (bicyclic) bond motifs is 1. The number of nitrogens with zero attached hydrogens (tertiary/aromatic N) is 4. The van der Waals surface area contributed by atoms with Gasteiger partial charge in [0.1, 0.15) is 17.9 Å². The Hall–Kier alpha value is -2.45. The minimum Gasteiger partial charge on any atom is -0.495 e. The van der Waals surface area contributed by atoms with Gasteiger partial charge >= 0.3 is 0 Å². The van der Waals surface area contributed by atoms with Gasteiger partial charge in [-0.05, 0) is 56.1 Å². The molecule has 11 heteroatoms. The molecule has 1 N–H and O–H groups in total. The molecule has 0 saturated carbocycles. The van der Waals surface area contributed by atoms with Crippen molar-refractivity contribution in [1.29, 1.82) is 0 Å². The standard InChI is InChI=1S/C24H29ClN5O3PS/c1-30-11-10-16-13-20(33-2)19(12-17(16)15-30)27-24-26-14-18(25)23(28-24)29-35(5,32)22-9-7-6-8-21(22)34(3,4)31/h6-9,12-14H,10-11,15H2,1-5H3,(H,26,27,28). The third kappa shape index (κ3) is 5.70. The first-order chi connectivity index (χ1) is 16.5. The lowest BCUT2D eigenvalue weighted by atomic mass is 9.99. The molecule has 3 aromatic rings. The van der Waals surface area contributed by atoms with E-state index in [1.165, 1.54) is 23.6 Å². The van der Waals surface area contributed by atoms with Gasteiger partial charge in [0.05, 0.1) is 33.6 Å². The third-order valence-electron chi connectivity index (χ3n) is 5.81. The fraction of sp³-hybridized carbons (Fsp3) is 0.333. The van der Waals surface area contributed by atoms with Crippen LogP contribution in [0.5, 0.6) is 5.75 Å². The smallest absolute Gasteiger partial charge is 0.229 e. The van der Waals surface area contributed by atoms with Gasteiger partial charge in [-0.1, -0.05) is 29.8 Å². The van der Waals surface area contributed by atoms with Crippen LogP contribution in [-0.2, 0) is 27.3 Å². The van der Waals surface area contributed by atoms with Crippen molar-refractivity contribution in [3.05, 3.63) is 58.7 Å². The van der Waals surface area contributed by atoms with Crippen LogP contribution in [0.25, 0.3) is 0 Å². The number of ether oxygens (including phenoxy) is 1. The van der Waals surface area contributed by atoms with Gasteiger partial charge in [0.2, 0.25) is 5.95 Å². The summed E-state index contributed by atoms with van der Waals surface area (Å²) in [5, 5.41) is 3.89. The monoisotopic (exact) mass is 533 g/mol. The summed E-state index contributed by atoms with van der Waals surface area (Å²) in [6.07, 6.45) is 3.87. The van der Waals surface area contributed by atoms with Crippen LogP contribution in [-0.4, -0.2) is 59.4 Å². The van der Waals surface area contributed by atoms with Crippen molar-refractivity contribution < 1.29 is 13.5 Å². The molecule has 2 heterocycles. The van der Waals surface area contributed by atoms with Gasteiger partial charge in [0.25, 0.3) is 0 Å². The van der Waals surface area contributed by atoms with Crippen LogP contribution in [0.3, 0.4) is 0 Å². The minimum atomic E-state index is -3.00. The highest BCUT2D eigenvalue weighted by Crippen LogP contribution is 2.38. The van der Waals surface area contributed by atoms with E-state index in [1.54, 1.807) is 44.7 Å². The molecule has 1 unspecified atom stereocenters. The molecule has 8 nitrogen and oxygen atoms in total. The first kappa shape index (κ1) is 25.6. The van der Waals surface area contributed by atoms with E-state index in [0.29, 0.717) is 15.9 Å². The lowest BCUT2D eigenvalue weighted by Gasteiger charge is -2.26. The first-order valence-corrected chi connectivity index (χ1v) is 15.9. The molecule has 1 atom stereocenters. The number of likely N-dealkylation sites (N-methyl/N-ethyl adjacent to an activating group) is 1. The van der Waals surface area contributed by atoms with Gasteiger partial charge in [0, 0.05) is 24.6 Å². The van der Waals surface area contributed by atoms with E-state index in [0.717, 1.165) is 25.2 Å². The van der Waals surface area contributed by atoms with Crippen LogP contribution >= 0.6 is 18.7 Å². The quantitative estimate of drug-likeness (QED) is 0.450. The van der Waals surface area contributed by atoms with Gasteiger partial charge in [-0.25, -0.2) is 9.19 Å². The SMILES string of the molecule is COc1cc2c(cc1Nc1ncc(Cl)c(N=S(C)(=O)c3ccccc3P(C)(C)=O)n1)CN(C)CC2. The predicted octanol–water partition coefficient (Wildman–Crippen LogP) is 4.91. The Morgan fingerprint density at radius 2 is 1.97 bits per heavy atom. The number of aromatic nitrogens is 2. The molecule has 1 aliphatic heterocycles. The zero-order valence-electron chi connectivity index (χ0n) is 20.4. The van der Waals surface area contributed by atoms with E-state index in [2.05, 4.69) is 31.6 Å². The molecule has 1 aromatic heterocycles. The normalized spacial score (nSPS) is 15.7. The number of halogens is 1. The van der Waals surface area contributed by atoms with Crippen molar-refractivity contribution in [3.8, 4) is 5.75 Å². The summed E-state index contributed by atoms with van der Waals surface area (Å²) in [6.45, 7) is 5.13. The Bertz CT molecular complexity index is 1450. The highest BCUT2D eigenvalue weighted by atomic mass is 35.5. The lowest BCUT2D eigenvalue weighted by molar-refractivity contribution is 0.312. The van der Waals surface area contributed by atoms with Crippen molar-refractivity contribution in [2.45, 2.75) is 17.9 Å². The summed E-state index contributed by atoms with van der Waals surface area (Å²) in [5.41, 5.74) is 3.18. The molecule has 0 amide bonds. The average molecular weight is 534 g/mol. The van der Waals surface area contributed by atoms with Crippen molar-refractivity contribution in [2.75, 3.05) is 45.6 Å². The average Bonchev–Trinajstić information content (AvgIpc) is 2.80. The maximum absolute atomic E-state index is 13.7. The van der Waals surface area contributed by atoms with Crippen molar-refractivity contribution in [1.82, 2.24) is 14.9 Å². The summed E-state index contributed by atoms with van der Waals surface area (Å²) < 4.78 is 36.5. The van der Waals surface area contributed by atoms with Crippen LogP contribution in [0.4, 0.5) is 17.5 Å². The second kappa shape index (κ2) is 9.90. The molecule has 0 radical (unpaired) electrons. The van der Waals surface area contributed by atoms with Gasteiger partial charge in [-0.3, -0.25) is 0 Å². The van der Waals surface area contributed by atoms with Crippen LogP contribution in [0, 0.1) is 0 Å². The van der Waals surface area contributed by atoms with Gasteiger partial charge in [-0.2, -0.15) is 9.35 Å². The molecular weight excluding hydrogens is 505 g/mol. The number of benzene rings is 2. The molecular formula is C24H29ClN5O3PS. The molecule has 186 valence electrons. The van der Waals surface area contributed by atoms with Crippen LogP contribution in [0.1, 0.15) is 11.1 Å². The van der Waals surface area contributed by atoms with Gasteiger partial charge < -0.3 is 19.5 Å². The molecule has 4 rings (SSSR count). The Balaban J connectivity index is 1.74. The predicted molar refractivity (Wildman–Crippen MR) is 143 cm³/mol. The summed E-state index contributed by atoms with van der Waals surface area (Å²) >= 11 is 6.33. The topological polar surface area (TPSA) is 96.8 Å². The summed E-state index contributed by atoms with van der Waals surface area (Å²) in [4.78, 5) is 11.4. The highest BCUT2D eigenvalue weighted by molar-refractivity contribution is 7.93. The number of hydrogen-bond acceptors (Lipinski definition) is 8. The van der Waals surface area contributed by atoms with Crippen molar-refractivity contribution >= 4 is 51.2 Å². The van der Waals surface area contributed by atoms with E-state index in [-0.39, 0.29) is 16.8 Å². The summed E-state index contributed by atoms with van der Waals surface area (Å²) in [6, 6.07) is 11.0. The van der Waals surface area contributed by atoms with Crippen molar-refractivity contribution in [3.63, 3.8) is 0 Å². The van der Waals surface area contributed by atoms with E-state index < -0.39 is 16.9 Å². The second-order valence-corrected chi connectivity index (χ2v) is 14.8. The Labute approximate surface area is 211 Å². The second-order valence-electron chi connectivity index (χ2n) is 9.01. The van der Waals surface area contributed by atoms with E-state index >= 15 is 0 Å². The lowest BCUT2D eigenvalue weighted by Crippen LogP contribution is -2.26. The maximum Gasteiger partial charge on any atom is 0.229 e. The number of methoxy groups -OCH3 is 1.